The first-order valence-corrected chi connectivity index (χ1v) is 27.3. The van der Waals surface area contributed by atoms with Crippen LogP contribution in [-0.2, 0) is 32.7 Å². The van der Waals surface area contributed by atoms with Crippen molar-refractivity contribution in [3.05, 3.63) is 60.8 Å². The zero-order valence-electron chi connectivity index (χ0n) is 41.0. The number of hydrogen-bond acceptors (Lipinski definition) is 8. The Morgan fingerprint density at radius 3 is 1.34 bits per heavy atom. The molecule has 376 valence electrons. The maximum absolute atomic E-state index is 12.4. The first-order valence-electron chi connectivity index (χ1n) is 25.8. The molecule has 0 aliphatic rings. The van der Waals surface area contributed by atoms with E-state index in [9.17, 15) is 34.1 Å². The van der Waals surface area contributed by atoms with Gasteiger partial charge in [0.25, 0.3) is 0 Å². The summed E-state index contributed by atoms with van der Waals surface area (Å²) in [7, 11) is -4.77. The summed E-state index contributed by atoms with van der Waals surface area (Å²) in [5.74, 6) is -2.38. The first-order chi connectivity index (χ1) is 31.6. The van der Waals surface area contributed by atoms with Gasteiger partial charge < -0.3 is 25.2 Å². The third-order valence-corrected chi connectivity index (χ3v) is 12.0. The molecule has 0 aliphatic heterocycles. The fourth-order valence-corrected chi connectivity index (χ4v) is 7.88. The SMILES string of the molecule is CC/C=C\C/C=C\C/C=C\C/C=C\C/C=C\CCCCCCCCCC(=O)NC(COP(=O)(O)OCC(O)COC(=O)CCCCCCCCCCCCCCCCCCCC)C(=O)O. The van der Waals surface area contributed by atoms with E-state index in [0.29, 0.717) is 12.8 Å². The number of nitrogens with one attached hydrogen (secondary N) is 1. The molecule has 0 spiro atoms. The first kappa shape index (κ1) is 62.2. The summed E-state index contributed by atoms with van der Waals surface area (Å²) in [5, 5.41) is 21.9. The number of ether oxygens (including phenoxy) is 1. The summed E-state index contributed by atoms with van der Waals surface area (Å²) >= 11 is 0. The molecule has 0 aromatic heterocycles. The lowest BCUT2D eigenvalue weighted by molar-refractivity contribution is -0.147. The van der Waals surface area contributed by atoms with Crippen LogP contribution in [-0.4, -0.2) is 64.9 Å². The summed E-state index contributed by atoms with van der Waals surface area (Å²) < 4.78 is 27.0. The van der Waals surface area contributed by atoms with Crippen LogP contribution in [0.25, 0.3) is 0 Å². The minimum Gasteiger partial charge on any atom is -0.480 e. The van der Waals surface area contributed by atoms with Crippen LogP contribution >= 0.6 is 7.82 Å². The molecule has 0 aromatic carbocycles. The molecule has 3 atom stereocenters. The molecule has 0 aromatic rings. The Kier molecular flexibility index (Phi) is 45.6. The number of unbranched alkanes of at least 4 members (excludes halogenated alkanes) is 24. The summed E-state index contributed by atoms with van der Waals surface area (Å²) in [5.41, 5.74) is 0. The molecular formula is C53H94NO10P. The summed E-state index contributed by atoms with van der Waals surface area (Å²) in [6.45, 7) is 2.51. The number of hydrogen-bond donors (Lipinski definition) is 4. The molecule has 12 heteroatoms. The van der Waals surface area contributed by atoms with Crippen molar-refractivity contribution in [3.63, 3.8) is 0 Å². The summed E-state index contributed by atoms with van der Waals surface area (Å²) in [4.78, 5) is 46.1. The van der Waals surface area contributed by atoms with Crippen molar-refractivity contribution in [1.82, 2.24) is 5.32 Å². The van der Waals surface area contributed by atoms with Gasteiger partial charge in [0.1, 0.15) is 12.7 Å². The number of amides is 1. The smallest absolute Gasteiger partial charge is 0.472 e. The fraction of sp³-hybridized carbons (Fsp3) is 0.755. The molecule has 1 amide bonds. The Morgan fingerprint density at radius 1 is 0.508 bits per heavy atom. The Balaban J connectivity index is 3.85. The Morgan fingerprint density at radius 2 is 0.892 bits per heavy atom. The number of rotatable bonds is 48. The highest BCUT2D eigenvalue weighted by Gasteiger charge is 2.28. The molecule has 0 bridgehead atoms. The largest absolute Gasteiger partial charge is 0.480 e. The van der Waals surface area contributed by atoms with Gasteiger partial charge in [-0.25, -0.2) is 9.36 Å². The zero-order chi connectivity index (χ0) is 47.7. The lowest BCUT2D eigenvalue weighted by Crippen LogP contribution is -2.43. The molecule has 0 rings (SSSR count). The maximum Gasteiger partial charge on any atom is 0.472 e. The Hall–Kier alpha value is -2.82. The molecule has 0 saturated carbocycles. The van der Waals surface area contributed by atoms with Crippen LogP contribution in [0.2, 0.25) is 0 Å². The quantitative estimate of drug-likeness (QED) is 0.0199. The number of phosphoric ester groups is 1. The number of aliphatic carboxylic acids is 1. The monoisotopic (exact) mass is 936 g/mol. The van der Waals surface area contributed by atoms with E-state index in [-0.39, 0.29) is 12.8 Å². The molecule has 0 fully saturated rings. The number of aliphatic hydroxyl groups is 1. The second kappa shape index (κ2) is 47.7. The van der Waals surface area contributed by atoms with Gasteiger partial charge in [0.2, 0.25) is 5.91 Å². The third-order valence-electron chi connectivity index (χ3n) is 11.1. The van der Waals surface area contributed by atoms with Crippen molar-refractivity contribution in [1.29, 1.82) is 0 Å². The number of esters is 1. The third kappa shape index (κ3) is 47.5. The van der Waals surface area contributed by atoms with Gasteiger partial charge in [-0.1, -0.05) is 216 Å². The highest BCUT2D eigenvalue weighted by atomic mass is 31.2. The van der Waals surface area contributed by atoms with Crippen molar-refractivity contribution in [2.24, 2.45) is 0 Å². The van der Waals surface area contributed by atoms with Crippen molar-refractivity contribution >= 4 is 25.7 Å². The van der Waals surface area contributed by atoms with Crippen molar-refractivity contribution < 1.29 is 47.8 Å². The topological polar surface area (TPSA) is 169 Å². The van der Waals surface area contributed by atoms with E-state index in [1.165, 1.54) is 89.9 Å². The molecule has 4 N–H and O–H groups in total. The molecule has 3 unspecified atom stereocenters. The molecule has 11 nitrogen and oxygen atoms in total. The van der Waals surface area contributed by atoms with Gasteiger partial charge in [-0.05, 0) is 57.8 Å². The molecule has 0 radical (unpaired) electrons. The van der Waals surface area contributed by atoms with E-state index in [4.69, 9.17) is 13.8 Å². The van der Waals surface area contributed by atoms with Crippen molar-refractivity contribution in [2.45, 2.75) is 238 Å². The average molecular weight is 936 g/mol. The highest BCUT2D eigenvalue weighted by molar-refractivity contribution is 7.47. The standard InChI is InChI=1S/C53H94NO10P/c1-3-5-7-9-11-13-15-17-19-21-23-24-25-26-27-28-30-32-34-36-38-40-42-44-51(56)54-50(53(58)59)48-64-65(60,61)63-47-49(55)46-62-52(57)45-43-41-39-37-35-33-31-29-22-20-18-16-14-12-10-8-6-4-2/h5,7,11,13,17,19,23-24,26-27,49-50,55H,3-4,6,8-10,12,14-16,18,20-22,25,28-48H2,1-2H3,(H,54,56)(H,58,59)(H,60,61)/b7-5-,13-11-,19-17-,24-23-,27-26-. The second-order valence-corrected chi connectivity index (χ2v) is 18.8. The normalized spacial score (nSPS) is 14.0. The molecular weight excluding hydrogens is 842 g/mol. The van der Waals surface area contributed by atoms with E-state index in [0.717, 1.165) is 96.3 Å². The number of aliphatic hydroxyl groups excluding tert-OH is 1. The highest BCUT2D eigenvalue weighted by Crippen LogP contribution is 2.43. The van der Waals surface area contributed by atoms with Crippen LogP contribution in [0.5, 0.6) is 0 Å². The van der Waals surface area contributed by atoms with Crippen molar-refractivity contribution in [3.8, 4) is 0 Å². The zero-order valence-corrected chi connectivity index (χ0v) is 41.9. The van der Waals surface area contributed by atoms with Gasteiger partial charge in [0, 0.05) is 12.8 Å². The van der Waals surface area contributed by atoms with Gasteiger partial charge >= 0.3 is 19.8 Å². The number of phosphoric acid groups is 1. The van der Waals surface area contributed by atoms with Crippen LogP contribution in [0.3, 0.4) is 0 Å². The van der Waals surface area contributed by atoms with Gasteiger partial charge in [-0.2, -0.15) is 0 Å². The number of carboxylic acids is 1. The number of carboxylic acid groups (broad SMARTS) is 1. The lowest BCUT2D eigenvalue weighted by Gasteiger charge is -2.18. The minimum atomic E-state index is -4.77. The Labute approximate surface area is 396 Å². The van der Waals surface area contributed by atoms with Gasteiger partial charge in [-0.15, -0.1) is 0 Å². The van der Waals surface area contributed by atoms with E-state index in [2.05, 4.69) is 79.9 Å². The second-order valence-electron chi connectivity index (χ2n) is 17.3. The van der Waals surface area contributed by atoms with Crippen LogP contribution in [0.4, 0.5) is 0 Å². The lowest BCUT2D eigenvalue weighted by atomic mass is 10.0. The molecule has 65 heavy (non-hydrogen) atoms. The van der Waals surface area contributed by atoms with Gasteiger partial charge in [0.05, 0.1) is 13.2 Å². The van der Waals surface area contributed by atoms with Crippen molar-refractivity contribution in [2.75, 3.05) is 19.8 Å². The summed E-state index contributed by atoms with van der Waals surface area (Å²) in [6.07, 6.45) is 56.7. The van der Waals surface area contributed by atoms with Crippen LogP contribution < -0.4 is 5.32 Å². The van der Waals surface area contributed by atoms with E-state index in [1.54, 1.807) is 0 Å². The van der Waals surface area contributed by atoms with Crippen LogP contribution in [0.1, 0.15) is 226 Å². The van der Waals surface area contributed by atoms with E-state index < -0.39 is 57.6 Å². The summed E-state index contributed by atoms with van der Waals surface area (Å²) in [6, 6.07) is -1.56. The number of allylic oxidation sites excluding steroid dienone is 10. The predicted molar refractivity (Wildman–Crippen MR) is 268 cm³/mol. The number of carbonyl (C=O) groups is 3. The average Bonchev–Trinajstić information content (AvgIpc) is 3.28. The van der Waals surface area contributed by atoms with Gasteiger partial charge in [0.15, 0.2) is 6.04 Å². The Bertz CT molecular complexity index is 1330. The van der Waals surface area contributed by atoms with Gasteiger partial charge in [-0.3, -0.25) is 18.6 Å². The molecule has 0 saturated heterocycles. The minimum absolute atomic E-state index is 0.131. The number of carbonyl (C=O) groups excluding carboxylic acids is 2. The fourth-order valence-electron chi connectivity index (χ4n) is 7.11. The van der Waals surface area contributed by atoms with E-state index >= 15 is 0 Å². The predicted octanol–water partition coefficient (Wildman–Crippen LogP) is 14.3. The maximum atomic E-state index is 12.4. The molecule has 0 aliphatic carbocycles. The van der Waals surface area contributed by atoms with E-state index in [1.807, 2.05) is 0 Å². The van der Waals surface area contributed by atoms with Crippen LogP contribution in [0, 0.1) is 0 Å². The molecule has 0 heterocycles. The van der Waals surface area contributed by atoms with Crippen LogP contribution in [0.15, 0.2) is 60.8 Å².